The molecule has 0 N–H and O–H groups in total. The van der Waals surface area contributed by atoms with Crippen molar-refractivity contribution < 1.29 is 9.53 Å². The van der Waals surface area contributed by atoms with Crippen molar-refractivity contribution in [2.24, 2.45) is 4.99 Å². The van der Waals surface area contributed by atoms with E-state index in [0.717, 1.165) is 38.2 Å². The highest BCUT2D eigenvalue weighted by Gasteiger charge is 2.38. The second kappa shape index (κ2) is 9.00. The maximum absolute atomic E-state index is 13.4. The number of rotatable bonds is 4. The Morgan fingerprint density at radius 1 is 0.970 bits per heavy atom. The van der Waals surface area contributed by atoms with E-state index >= 15 is 0 Å². The van der Waals surface area contributed by atoms with Crippen LogP contribution in [0.3, 0.4) is 0 Å². The second-order valence-corrected chi connectivity index (χ2v) is 9.57. The standard InChI is InChI=1S/C26H23N3O2S2/c1-4-29-24(30)23(25-28(2)21-16-18(31-3)14-15-22(21)32-25)33-26(29)27-20-13-9-8-12-19(20)17-10-6-5-7-11-17/h5-16H,4H2,1-3H3. The van der Waals surface area contributed by atoms with Gasteiger partial charge in [0, 0.05) is 30.1 Å². The van der Waals surface area contributed by atoms with E-state index in [-0.39, 0.29) is 5.91 Å². The first-order valence-corrected chi connectivity index (χ1v) is 12.3. The molecule has 0 atom stereocenters. The lowest BCUT2D eigenvalue weighted by atomic mass is 10.0. The number of likely N-dealkylation sites (N-methyl/N-ethyl adjacent to an activating group) is 1. The van der Waals surface area contributed by atoms with E-state index in [1.54, 1.807) is 23.8 Å². The summed E-state index contributed by atoms with van der Waals surface area (Å²) in [6, 6.07) is 24.2. The van der Waals surface area contributed by atoms with Crippen LogP contribution in [0.5, 0.6) is 5.75 Å². The smallest absolute Gasteiger partial charge is 0.269 e. The number of carbonyl (C=O) groups is 1. The molecule has 1 saturated heterocycles. The van der Waals surface area contributed by atoms with E-state index < -0.39 is 0 Å². The zero-order valence-corrected chi connectivity index (χ0v) is 20.2. The zero-order valence-electron chi connectivity index (χ0n) is 18.6. The van der Waals surface area contributed by atoms with Gasteiger partial charge in [-0.2, -0.15) is 0 Å². The van der Waals surface area contributed by atoms with Crippen LogP contribution in [-0.4, -0.2) is 36.7 Å². The van der Waals surface area contributed by atoms with Crippen LogP contribution in [0, 0.1) is 0 Å². The van der Waals surface area contributed by atoms with E-state index in [1.165, 1.54) is 11.8 Å². The van der Waals surface area contributed by atoms with Crippen LogP contribution in [0.15, 0.2) is 92.6 Å². The maximum atomic E-state index is 13.4. The molecule has 2 aliphatic heterocycles. The fraction of sp³-hybridized carbons (Fsp3) is 0.154. The Morgan fingerprint density at radius 3 is 2.48 bits per heavy atom. The van der Waals surface area contributed by atoms with Crippen LogP contribution in [0.25, 0.3) is 11.1 Å². The Kier molecular flexibility index (Phi) is 5.91. The summed E-state index contributed by atoms with van der Waals surface area (Å²) in [6.45, 7) is 2.54. The number of hydrogen-bond donors (Lipinski definition) is 0. The van der Waals surface area contributed by atoms with Crippen LogP contribution in [0.2, 0.25) is 0 Å². The van der Waals surface area contributed by atoms with Gasteiger partial charge in [-0.3, -0.25) is 9.69 Å². The summed E-state index contributed by atoms with van der Waals surface area (Å²) >= 11 is 3.06. The molecule has 1 fully saturated rings. The van der Waals surface area contributed by atoms with Crippen molar-refractivity contribution in [3.05, 3.63) is 82.7 Å². The quantitative estimate of drug-likeness (QED) is 0.413. The molecule has 3 aromatic rings. The van der Waals surface area contributed by atoms with Crippen molar-refractivity contribution in [3.63, 3.8) is 0 Å². The van der Waals surface area contributed by atoms with Gasteiger partial charge in [0.2, 0.25) is 0 Å². The van der Waals surface area contributed by atoms with Crippen molar-refractivity contribution in [2.75, 3.05) is 25.6 Å². The molecule has 2 aliphatic rings. The number of amides is 1. The lowest BCUT2D eigenvalue weighted by Crippen LogP contribution is -2.29. The molecule has 33 heavy (non-hydrogen) atoms. The van der Waals surface area contributed by atoms with Gasteiger partial charge in [-0.15, -0.1) is 0 Å². The molecule has 7 heteroatoms. The molecule has 166 valence electrons. The number of methoxy groups -OCH3 is 1. The molecule has 5 nitrogen and oxygen atoms in total. The Labute approximate surface area is 202 Å². The molecule has 2 heterocycles. The number of carbonyl (C=O) groups excluding carboxylic acids is 1. The molecular formula is C26H23N3O2S2. The summed E-state index contributed by atoms with van der Waals surface area (Å²) in [6.07, 6.45) is 0. The summed E-state index contributed by atoms with van der Waals surface area (Å²) in [5, 5.41) is 1.63. The van der Waals surface area contributed by atoms with E-state index in [4.69, 9.17) is 9.73 Å². The number of hydrogen-bond acceptors (Lipinski definition) is 6. The highest BCUT2D eigenvalue weighted by atomic mass is 32.2. The van der Waals surface area contributed by atoms with Gasteiger partial charge in [-0.25, -0.2) is 4.99 Å². The van der Waals surface area contributed by atoms with Crippen LogP contribution in [-0.2, 0) is 4.79 Å². The monoisotopic (exact) mass is 473 g/mol. The fourth-order valence-corrected chi connectivity index (χ4v) is 6.27. The van der Waals surface area contributed by atoms with Gasteiger partial charge < -0.3 is 9.64 Å². The number of ether oxygens (including phenoxy) is 1. The number of para-hydroxylation sites is 1. The van der Waals surface area contributed by atoms with Crippen molar-refractivity contribution in [1.82, 2.24) is 4.90 Å². The minimum absolute atomic E-state index is 0.00689. The first kappa shape index (κ1) is 21.7. The van der Waals surface area contributed by atoms with Gasteiger partial charge in [-0.05, 0) is 42.4 Å². The van der Waals surface area contributed by atoms with Gasteiger partial charge >= 0.3 is 0 Å². The molecule has 0 aliphatic carbocycles. The van der Waals surface area contributed by atoms with E-state index in [1.807, 2.05) is 68.6 Å². The van der Waals surface area contributed by atoms with Crippen LogP contribution < -0.4 is 9.64 Å². The molecule has 5 rings (SSSR count). The van der Waals surface area contributed by atoms with Gasteiger partial charge in [0.05, 0.1) is 23.5 Å². The van der Waals surface area contributed by atoms with Crippen LogP contribution >= 0.6 is 23.5 Å². The number of anilines is 1. The van der Waals surface area contributed by atoms with E-state index in [2.05, 4.69) is 23.1 Å². The highest BCUT2D eigenvalue weighted by Crippen LogP contribution is 2.51. The maximum Gasteiger partial charge on any atom is 0.269 e. The topological polar surface area (TPSA) is 45.1 Å². The number of aliphatic imine (C=N–C) groups is 1. The Balaban J connectivity index is 1.54. The molecule has 1 amide bonds. The first-order chi connectivity index (χ1) is 16.1. The molecule has 0 spiro atoms. The Bertz CT molecular complexity index is 1290. The van der Waals surface area contributed by atoms with Gasteiger partial charge in [0.1, 0.15) is 10.7 Å². The van der Waals surface area contributed by atoms with Crippen molar-refractivity contribution >= 4 is 46.0 Å². The van der Waals surface area contributed by atoms with Gasteiger partial charge in [0.15, 0.2) is 5.17 Å². The Morgan fingerprint density at radius 2 is 1.73 bits per heavy atom. The summed E-state index contributed by atoms with van der Waals surface area (Å²) in [7, 11) is 3.65. The SMILES string of the molecule is CCN1C(=O)C(=C2Sc3ccc(OC)cc3N2C)SC1=Nc1ccccc1-c1ccccc1. The van der Waals surface area contributed by atoms with Crippen molar-refractivity contribution in [1.29, 1.82) is 0 Å². The normalized spacial score (nSPS) is 18.9. The molecule has 0 unspecified atom stereocenters. The summed E-state index contributed by atoms with van der Waals surface area (Å²) in [5.74, 6) is 0.792. The third-order valence-electron chi connectivity index (χ3n) is 5.62. The molecule has 0 aromatic heterocycles. The fourth-order valence-electron chi connectivity index (χ4n) is 3.89. The largest absolute Gasteiger partial charge is 0.497 e. The number of amidine groups is 1. The predicted octanol–water partition coefficient (Wildman–Crippen LogP) is 6.36. The number of benzene rings is 3. The van der Waals surface area contributed by atoms with E-state index in [0.29, 0.717) is 16.6 Å². The Hall–Kier alpha value is -3.16. The molecule has 0 bridgehead atoms. The lowest BCUT2D eigenvalue weighted by molar-refractivity contribution is -0.122. The minimum Gasteiger partial charge on any atom is -0.497 e. The average Bonchev–Trinajstić information content (AvgIpc) is 3.35. The summed E-state index contributed by atoms with van der Waals surface area (Å²) < 4.78 is 5.38. The third kappa shape index (κ3) is 3.92. The molecule has 0 radical (unpaired) electrons. The first-order valence-electron chi connectivity index (χ1n) is 10.7. The molecular weight excluding hydrogens is 450 g/mol. The zero-order chi connectivity index (χ0) is 22.9. The number of nitrogens with zero attached hydrogens (tertiary/aromatic N) is 3. The van der Waals surface area contributed by atoms with Crippen molar-refractivity contribution in [2.45, 2.75) is 11.8 Å². The highest BCUT2D eigenvalue weighted by molar-refractivity contribution is 8.19. The van der Waals surface area contributed by atoms with Crippen LogP contribution in [0.4, 0.5) is 11.4 Å². The van der Waals surface area contributed by atoms with Crippen molar-refractivity contribution in [3.8, 4) is 16.9 Å². The van der Waals surface area contributed by atoms with Crippen LogP contribution in [0.1, 0.15) is 6.92 Å². The number of thioether (sulfide) groups is 2. The average molecular weight is 474 g/mol. The summed E-state index contributed by atoms with van der Waals surface area (Å²) in [4.78, 5) is 24.0. The number of fused-ring (bicyclic) bond motifs is 1. The van der Waals surface area contributed by atoms with Gasteiger partial charge in [0.25, 0.3) is 5.91 Å². The molecule has 3 aromatic carbocycles. The third-order valence-corrected chi connectivity index (χ3v) is 8.05. The van der Waals surface area contributed by atoms with Gasteiger partial charge in [-0.1, -0.05) is 60.3 Å². The second-order valence-electron chi connectivity index (χ2n) is 7.56. The van der Waals surface area contributed by atoms with E-state index in [9.17, 15) is 4.79 Å². The predicted molar refractivity (Wildman–Crippen MR) is 138 cm³/mol. The summed E-state index contributed by atoms with van der Waals surface area (Å²) in [5.41, 5.74) is 4.04. The minimum atomic E-state index is -0.00689. The lowest BCUT2D eigenvalue weighted by Gasteiger charge is -2.15. The molecule has 0 saturated carbocycles.